The molecule has 6 nitrogen and oxygen atoms in total. The van der Waals surface area contributed by atoms with Crippen LogP contribution >= 0.6 is 0 Å². The number of allylic oxidation sites excluding steroid dienone is 2. The van der Waals surface area contributed by atoms with Crippen LogP contribution in [0.25, 0.3) is 22.2 Å². The van der Waals surface area contributed by atoms with Crippen molar-refractivity contribution in [2.45, 2.75) is 12.0 Å². The van der Waals surface area contributed by atoms with Crippen LogP contribution in [0.5, 0.6) is 0 Å². The molecule has 0 saturated carbocycles. The lowest BCUT2D eigenvalue weighted by Crippen LogP contribution is -2.38. The highest BCUT2D eigenvalue weighted by molar-refractivity contribution is 5.85. The van der Waals surface area contributed by atoms with Gasteiger partial charge in [0.25, 0.3) is 0 Å². The second-order valence-electron chi connectivity index (χ2n) is 6.46. The second kappa shape index (κ2) is 5.35. The maximum Gasteiger partial charge on any atom is 0.0827 e. The van der Waals surface area contributed by atoms with E-state index in [1.54, 1.807) is 6.20 Å². The van der Waals surface area contributed by atoms with E-state index in [-0.39, 0.29) is 0 Å². The molecule has 24 heavy (non-hydrogen) atoms. The topological polar surface area (TPSA) is 86.6 Å². The first-order valence-electron chi connectivity index (χ1n) is 7.88. The SMILES string of the molecule is CN(C)C1=CC=CC(N)(c2cc3[nH]c(-c4cn[nH]c4)cc3cn2)C1. The standard InChI is InChI=1S/C18H20N6/c1-24(2)14-4-3-5-18(19,8-14)17-7-16-12(9-20-17)6-15(23-16)13-10-21-22-11-13/h3-7,9-11,23H,8,19H2,1-2H3,(H,21,22). The van der Waals surface area contributed by atoms with Gasteiger partial charge in [-0.15, -0.1) is 0 Å². The van der Waals surface area contributed by atoms with E-state index in [0.29, 0.717) is 0 Å². The molecule has 0 amide bonds. The molecule has 1 aliphatic carbocycles. The molecule has 3 heterocycles. The molecule has 4 rings (SSSR count). The Kier molecular flexibility index (Phi) is 3.28. The Morgan fingerprint density at radius 1 is 1.25 bits per heavy atom. The normalized spacial score (nSPS) is 20.4. The van der Waals surface area contributed by atoms with Gasteiger partial charge in [-0.25, -0.2) is 0 Å². The third kappa shape index (κ3) is 2.41. The third-order valence-corrected chi connectivity index (χ3v) is 4.52. The van der Waals surface area contributed by atoms with E-state index in [2.05, 4.69) is 37.2 Å². The summed E-state index contributed by atoms with van der Waals surface area (Å²) in [4.78, 5) is 10.1. The van der Waals surface area contributed by atoms with Gasteiger partial charge < -0.3 is 15.6 Å². The molecule has 6 heteroatoms. The van der Waals surface area contributed by atoms with Crippen molar-refractivity contribution >= 4 is 10.9 Å². The van der Waals surface area contributed by atoms with Crippen molar-refractivity contribution in [1.82, 2.24) is 25.1 Å². The number of aromatic amines is 2. The summed E-state index contributed by atoms with van der Waals surface area (Å²) in [5, 5.41) is 7.88. The lowest BCUT2D eigenvalue weighted by atomic mass is 9.86. The molecule has 0 radical (unpaired) electrons. The molecule has 0 spiro atoms. The van der Waals surface area contributed by atoms with E-state index >= 15 is 0 Å². The first kappa shape index (κ1) is 14.7. The number of rotatable bonds is 3. The molecule has 4 N–H and O–H groups in total. The number of nitrogens with two attached hydrogens (primary N) is 1. The lowest BCUT2D eigenvalue weighted by molar-refractivity contribution is 0.419. The molecule has 1 unspecified atom stereocenters. The van der Waals surface area contributed by atoms with Crippen molar-refractivity contribution < 1.29 is 0 Å². The van der Waals surface area contributed by atoms with Gasteiger partial charge in [-0.05, 0) is 18.2 Å². The van der Waals surface area contributed by atoms with Crippen LogP contribution in [0, 0.1) is 0 Å². The molecule has 0 aromatic carbocycles. The first-order chi connectivity index (χ1) is 11.5. The summed E-state index contributed by atoms with van der Waals surface area (Å²) in [5.74, 6) is 0. The summed E-state index contributed by atoms with van der Waals surface area (Å²) in [6.07, 6.45) is 12.4. The van der Waals surface area contributed by atoms with E-state index in [9.17, 15) is 0 Å². The van der Waals surface area contributed by atoms with Gasteiger partial charge in [0.2, 0.25) is 0 Å². The van der Waals surface area contributed by atoms with Gasteiger partial charge in [0.1, 0.15) is 0 Å². The highest BCUT2D eigenvalue weighted by Gasteiger charge is 2.30. The molecular formula is C18H20N6. The fourth-order valence-electron chi connectivity index (χ4n) is 3.07. The minimum Gasteiger partial charge on any atom is -0.381 e. The predicted octanol–water partition coefficient (Wildman–Crippen LogP) is 2.51. The summed E-state index contributed by atoms with van der Waals surface area (Å²) in [5.41, 5.74) is 11.2. The summed E-state index contributed by atoms with van der Waals surface area (Å²) < 4.78 is 0. The summed E-state index contributed by atoms with van der Waals surface area (Å²) >= 11 is 0. The van der Waals surface area contributed by atoms with Gasteiger partial charge in [-0.1, -0.05) is 12.2 Å². The molecule has 3 aromatic heterocycles. The number of nitrogens with one attached hydrogen (secondary N) is 2. The smallest absolute Gasteiger partial charge is 0.0827 e. The van der Waals surface area contributed by atoms with Crippen molar-refractivity contribution in [3.8, 4) is 11.3 Å². The number of fused-ring (bicyclic) bond motifs is 1. The summed E-state index contributed by atoms with van der Waals surface area (Å²) in [6, 6.07) is 4.11. The van der Waals surface area contributed by atoms with Gasteiger partial charge in [-0.2, -0.15) is 5.10 Å². The van der Waals surface area contributed by atoms with Crippen LogP contribution in [0.1, 0.15) is 12.1 Å². The Hall–Kier alpha value is -2.86. The average Bonchev–Trinajstić information content (AvgIpc) is 3.23. The predicted molar refractivity (Wildman–Crippen MR) is 95.1 cm³/mol. The van der Waals surface area contributed by atoms with Crippen LogP contribution in [0.15, 0.2) is 54.6 Å². The third-order valence-electron chi connectivity index (χ3n) is 4.52. The largest absolute Gasteiger partial charge is 0.381 e. The van der Waals surface area contributed by atoms with Crippen molar-refractivity contribution in [3.05, 3.63) is 60.3 Å². The van der Waals surface area contributed by atoms with E-state index < -0.39 is 5.54 Å². The van der Waals surface area contributed by atoms with E-state index in [4.69, 9.17) is 5.73 Å². The van der Waals surface area contributed by atoms with Gasteiger partial charge in [0.05, 0.1) is 17.4 Å². The highest BCUT2D eigenvalue weighted by Crippen LogP contribution is 2.32. The molecule has 0 aliphatic heterocycles. The molecule has 3 aromatic rings. The Labute approximate surface area is 140 Å². The molecule has 0 bridgehead atoms. The second-order valence-corrected chi connectivity index (χ2v) is 6.46. The summed E-state index contributed by atoms with van der Waals surface area (Å²) in [6.45, 7) is 0. The van der Waals surface area contributed by atoms with Crippen molar-refractivity contribution in [2.24, 2.45) is 5.73 Å². The maximum absolute atomic E-state index is 6.66. The lowest BCUT2D eigenvalue weighted by Gasteiger charge is -2.32. The number of hydrogen-bond acceptors (Lipinski definition) is 4. The molecule has 0 fully saturated rings. The average molecular weight is 320 g/mol. The molecule has 1 aliphatic rings. The highest BCUT2D eigenvalue weighted by atomic mass is 15.1. The first-order valence-corrected chi connectivity index (χ1v) is 7.88. The van der Waals surface area contributed by atoms with E-state index in [0.717, 1.165) is 34.3 Å². The monoisotopic (exact) mass is 320 g/mol. The van der Waals surface area contributed by atoms with Crippen LogP contribution in [-0.4, -0.2) is 39.2 Å². The Morgan fingerprint density at radius 2 is 2.12 bits per heavy atom. The zero-order valence-electron chi connectivity index (χ0n) is 13.7. The molecule has 122 valence electrons. The fraction of sp³-hybridized carbons (Fsp3) is 0.222. The number of hydrogen-bond donors (Lipinski definition) is 3. The van der Waals surface area contributed by atoms with Crippen molar-refractivity contribution in [2.75, 3.05) is 14.1 Å². The number of aromatic nitrogens is 4. The quantitative estimate of drug-likeness (QED) is 0.692. The van der Waals surface area contributed by atoms with E-state index in [1.807, 2.05) is 44.7 Å². The van der Waals surface area contributed by atoms with Crippen molar-refractivity contribution in [3.63, 3.8) is 0 Å². The Morgan fingerprint density at radius 3 is 2.88 bits per heavy atom. The summed E-state index contributed by atoms with van der Waals surface area (Å²) in [7, 11) is 4.06. The van der Waals surface area contributed by atoms with Crippen LogP contribution in [0.2, 0.25) is 0 Å². The fourth-order valence-corrected chi connectivity index (χ4v) is 3.07. The van der Waals surface area contributed by atoms with Crippen LogP contribution in [0.3, 0.4) is 0 Å². The van der Waals surface area contributed by atoms with Gasteiger partial charge in [0.15, 0.2) is 0 Å². The van der Waals surface area contributed by atoms with Crippen molar-refractivity contribution in [1.29, 1.82) is 0 Å². The molecule has 0 saturated heterocycles. The van der Waals surface area contributed by atoms with Gasteiger partial charge >= 0.3 is 0 Å². The number of pyridine rings is 1. The van der Waals surface area contributed by atoms with Crippen LogP contribution < -0.4 is 5.73 Å². The van der Waals surface area contributed by atoms with Crippen LogP contribution in [0.4, 0.5) is 0 Å². The molecule has 1 atom stereocenters. The number of nitrogens with zero attached hydrogens (tertiary/aromatic N) is 3. The maximum atomic E-state index is 6.66. The minimum atomic E-state index is -0.594. The number of H-pyrrole nitrogens is 2. The Balaban J connectivity index is 1.73. The zero-order chi connectivity index (χ0) is 16.7. The zero-order valence-corrected chi connectivity index (χ0v) is 13.7. The Bertz CT molecular complexity index is 932. The van der Waals surface area contributed by atoms with Gasteiger partial charge in [-0.3, -0.25) is 10.1 Å². The minimum absolute atomic E-state index is 0.594. The van der Waals surface area contributed by atoms with Crippen LogP contribution in [-0.2, 0) is 5.54 Å². The van der Waals surface area contributed by atoms with E-state index in [1.165, 1.54) is 5.70 Å². The molecular weight excluding hydrogens is 300 g/mol. The van der Waals surface area contributed by atoms with Gasteiger partial charge in [0, 0.05) is 60.8 Å².